The van der Waals surface area contributed by atoms with Crippen molar-refractivity contribution in [2.24, 2.45) is 0 Å². The maximum absolute atomic E-state index is 11.6. The summed E-state index contributed by atoms with van der Waals surface area (Å²) < 4.78 is 4.95. The highest BCUT2D eigenvalue weighted by molar-refractivity contribution is 8.00. The molecule has 1 rings (SSSR count). The molecule has 7 heteroatoms. The monoisotopic (exact) mass is 274 g/mol. The van der Waals surface area contributed by atoms with E-state index in [1.54, 1.807) is 0 Å². The molecule has 1 fully saturated rings. The molecule has 6 nitrogen and oxygen atoms in total. The lowest BCUT2D eigenvalue weighted by Gasteiger charge is -2.09. The Bertz CT molecular complexity index is 335. The fraction of sp³-hybridized carbons (Fsp3) is 0.727. The molecule has 0 aromatic heterocycles. The van der Waals surface area contributed by atoms with Gasteiger partial charge in [-0.05, 0) is 6.92 Å². The van der Waals surface area contributed by atoms with Crippen LogP contribution >= 0.6 is 11.8 Å². The summed E-state index contributed by atoms with van der Waals surface area (Å²) in [5.74, 6) is 0.155. The Hall–Kier alpha value is -1.08. The molecule has 102 valence electrons. The fourth-order valence-corrected chi connectivity index (χ4v) is 2.55. The summed E-state index contributed by atoms with van der Waals surface area (Å²) in [5.41, 5.74) is 0. The lowest BCUT2D eigenvalue weighted by molar-refractivity contribution is -0.136. The zero-order chi connectivity index (χ0) is 13.5. The number of rotatable bonds is 7. The smallest absolute Gasteiger partial charge is 0.246 e. The van der Waals surface area contributed by atoms with Crippen LogP contribution in [0, 0.1) is 0 Å². The van der Waals surface area contributed by atoms with Crippen molar-refractivity contribution in [3.8, 4) is 0 Å². The molecule has 1 N–H and O–H groups in total. The van der Waals surface area contributed by atoms with Gasteiger partial charge in [0, 0.05) is 32.4 Å². The molecule has 0 radical (unpaired) electrons. The van der Waals surface area contributed by atoms with Gasteiger partial charge in [-0.2, -0.15) is 0 Å². The number of nitrogens with zero attached hydrogens (tertiary/aromatic N) is 1. The minimum absolute atomic E-state index is 0.0603. The molecule has 0 aromatic carbocycles. The highest BCUT2D eigenvalue weighted by Gasteiger charge is 2.35. The van der Waals surface area contributed by atoms with E-state index in [4.69, 9.17) is 4.74 Å². The summed E-state index contributed by atoms with van der Waals surface area (Å²) in [7, 11) is 1.50. The van der Waals surface area contributed by atoms with Crippen molar-refractivity contribution < 1.29 is 19.1 Å². The van der Waals surface area contributed by atoms with E-state index >= 15 is 0 Å². The van der Waals surface area contributed by atoms with E-state index in [1.165, 1.54) is 18.8 Å². The predicted octanol–water partition coefficient (Wildman–Crippen LogP) is -0.370. The topological polar surface area (TPSA) is 75.7 Å². The number of hydrogen-bond acceptors (Lipinski definition) is 5. The molecule has 3 amide bonds. The first-order valence-electron chi connectivity index (χ1n) is 5.82. The van der Waals surface area contributed by atoms with Crippen LogP contribution < -0.4 is 5.32 Å². The van der Waals surface area contributed by atoms with Crippen molar-refractivity contribution in [3.05, 3.63) is 0 Å². The molecular formula is C11H18N2O4S. The second kappa shape index (κ2) is 7.38. The predicted molar refractivity (Wildman–Crippen MR) is 68.1 cm³/mol. The third kappa shape index (κ3) is 4.30. The number of likely N-dealkylation sites (tertiary alicyclic amines) is 1. The van der Waals surface area contributed by atoms with E-state index in [2.05, 4.69) is 5.32 Å². The van der Waals surface area contributed by atoms with Crippen LogP contribution in [-0.2, 0) is 19.1 Å². The number of thioether (sulfide) groups is 1. The maximum atomic E-state index is 11.6. The summed E-state index contributed by atoms with van der Waals surface area (Å²) in [6, 6.07) is 0. The van der Waals surface area contributed by atoms with Gasteiger partial charge in [-0.1, -0.05) is 0 Å². The van der Waals surface area contributed by atoms with Gasteiger partial charge in [-0.25, -0.2) is 0 Å². The van der Waals surface area contributed by atoms with E-state index in [0.29, 0.717) is 18.9 Å². The van der Waals surface area contributed by atoms with Gasteiger partial charge in [0.2, 0.25) is 17.7 Å². The Morgan fingerprint density at radius 1 is 1.56 bits per heavy atom. The molecule has 1 atom stereocenters. The SMILES string of the molecule is CCOCC(=O)NCCSC1CC(=O)N(C)C1=O. The number of amides is 3. The highest BCUT2D eigenvalue weighted by atomic mass is 32.2. The number of carbonyl (C=O) groups is 3. The minimum Gasteiger partial charge on any atom is -0.372 e. The van der Waals surface area contributed by atoms with Crippen LogP contribution in [0.5, 0.6) is 0 Å². The third-order valence-corrected chi connectivity index (χ3v) is 3.73. The van der Waals surface area contributed by atoms with Crippen molar-refractivity contribution in [2.45, 2.75) is 18.6 Å². The molecule has 18 heavy (non-hydrogen) atoms. The standard InChI is InChI=1S/C11H18N2O4S/c1-3-17-7-9(14)12-4-5-18-8-6-10(15)13(2)11(8)16/h8H,3-7H2,1-2H3,(H,12,14). The molecule has 0 saturated carbocycles. The van der Waals surface area contributed by atoms with Crippen LogP contribution in [0.4, 0.5) is 0 Å². The summed E-state index contributed by atoms with van der Waals surface area (Å²) in [6.07, 6.45) is 0.257. The average molecular weight is 274 g/mol. The Labute approximate surface area is 110 Å². The number of imide groups is 1. The van der Waals surface area contributed by atoms with Gasteiger partial charge in [-0.15, -0.1) is 11.8 Å². The van der Waals surface area contributed by atoms with Gasteiger partial charge in [0.15, 0.2) is 0 Å². The zero-order valence-corrected chi connectivity index (χ0v) is 11.4. The van der Waals surface area contributed by atoms with Gasteiger partial charge >= 0.3 is 0 Å². The average Bonchev–Trinajstić information content (AvgIpc) is 2.60. The van der Waals surface area contributed by atoms with Gasteiger partial charge in [0.1, 0.15) is 6.61 Å². The number of hydrogen-bond donors (Lipinski definition) is 1. The summed E-state index contributed by atoms with van der Waals surface area (Å²) in [4.78, 5) is 35.2. The second-order valence-corrected chi connectivity index (χ2v) is 5.15. The van der Waals surface area contributed by atoms with Gasteiger partial charge in [-0.3, -0.25) is 19.3 Å². The number of carbonyl (C=O) groups excluding carboxylic acids is 3. The minimum atomic E-state index is -0.300. The van der Waals surface area contributed by atoms with Crippen LogP contribution in [0.1, 0.15) is 13.3 Å². The first kappa shape index (κ1) is 15.0. The van der Waals surface area contributed by atoms with Crippen LogP contribution in [0.15, 0.2) is 0 Å². The Kier molecular flexibility index (Phi) is 6.14. The molecular weight excluding hydrogens is 256 g/mol. The number of nitrogens with one attached hydrogen (secondary N) is 1. The molecule has 1 aliphatic heterocycles. The Morgan fingerprint density at radius 2 is 2.28 bits per heavy atom. The highest BCUT2D eigenvalue weighted by Crippen LogP contribution is 2.23. The Morgan fingerprint density at radius 3 is 2.83 bits per heavy atom. The lowest BCUT2D eigenvalue weighted by atomic mass is 10.4. The maximum Gasteiger partial charge on any atom is 0.246 e. The molecule has 1 saturated heterocycles. The van der Waals surface area contributed by atoms with E-state index in [9.17, 15) is 14.4 Å². The lowest BCUT2D eigenvalue weighted by Crippen LogP contribution is -2.30. The second-order valence-electron chi connectivity index (χ2n) is 3.84. The van der Waals surface area contributed by atoms with Crippen LogP contribution in [0.3, 0.4) is 0 Å². The normalized spacial score (nSPS) is 19.4. The molecule has 0 spiro atoms. The molecule has 0 bridgehead atoms. The van der Waals surface area contributed by atoms with E-state index in [1.807, 2.05) is 6.92 Å². The van der Waals surface area contributed by atoms with E-state index in [0.717, 1.165) is 4.90 Å². The van der Waals surface area contributed by atoms with Crippen molar-refractivity contribution in [3.63, 3.8) is 0 Å². The van der Waals surface area contributed by atoms with Crippen molar-refractivity contribution in [1.82, 2.24) is 10.2 Å². The summed E-state index contributed by atoms with van der Waals surface area (Å²) in [5, 5.41) is 2.38. The van der Waals surface area contributed by atoms with E-state index < -0.39 is 0 Å². The zero-order valence-electron chi connectivity index (χ0n) is 10.6. The first-order valence-corrected chi connectivity index (χ1v) is 6.87. The van der Waals surface area contributed by atoms with Crippen molar-refractivity contribution in [2.75, 3.05) is 32.6 Å². The molecule has 1 aliphatic rings. The third-order valence-electron chi connectivity index (χ3n) is 2.52. The molecule has 0 aliphatic carbocycles. The van der Waals surface area contributed by atoms with Crippen molar-refractivity contribution >= 4 is 29.5 Å². The largest absolute Gasteiger partial charge is 0.372 e. The molecule has 1 unspecified atom stereocenters. The van der Waals surface area contributed by atoms with Gasteiger partial charge in [0.05, 0.1) is 5.25 Å². The van der Waals surface area contributed by atoms with Crippen LogP contribution in [0.2, 0.25) is 0 Å². The number of ether oxygens (including phenoxy) is 1. The quantitative estimate of drug-likeness (QED) is 0.506. The van der Waals surface area contributed by atoms with E-state index in [-0.39, 0.29) is 36.0 Å². The van der Waals surface area contributed by atoms with Crippen LogP contribution in [0.25, 0.3) is 0 Å². The summed E-state index contributed by atoms with van der Waals surface area (Å²) >= 11 is 1.40. The first-order chi connectivity index (χ1) is 8.56. The fourth-order valence-electron chi connectivity index (χ4n) is 1.49. The van der Waals surface area contributed by atoms with Crippen LogP contribution in [-0.4, -0.2) is 60.4 Å². The molecule has 0 aromatic rings. The van der Waals surface area contributed by atoms with Gasteiger partial charge in [0.25, 0.3) is 0 Å². The van der Waals surface area contributed by atoms with Crippen molar-refractivity contribution in [1.29, 1.82) is 0 Å². The Balaban J connectivity index is 2.13. The summed E-state index contributed by atoms with van der Waals surface area (Å²) in [6.45, 7) is 2.86. The molecule has 1 heterocycles. The van der Waals surface area contributed by atoms with Gasteiger partial charge < -0.3 is 10.1 Å².